The van der Waals surface area contributed by atoms with Crippen molar-refractivity contribution in [3.8, 4) is 33.1 Å². The number of para-hydroxylation sites is 1. The summed E-state index contributed by atoms with van der Waals surface area (Å²) in [6.45, 7) is 0. The second-order valence-corrected chi connectivity index (χ2v) is 7.71. The van der Waals surface area contributed by atoms with Crippen molar-refractivity contribution in [3.05, 3.63) is 101 Å². The van der Waals surface area contributed by atoms with Crippen molar-refractivity contribution < 1.29 is 22.7 Å². The Balaban J connectivity index is 0.00000119. The molecule has 0 fully saturated rings. The summed E-state index contributed by atoms with van der Waals surface area (Å²) in [7, 11) is 0. The first-order chi connectivity index (χ1) is 15.7. The average Bonchev–Trinajstić information content (AvgIpc) is 3.30. The van der Waals surface area contributed by atoms with Gasteiger partial charge in [0.2, 0.25) is 5.69 Å². The van der Waals surface area contributed by atoms with E-state index in [1.165, 1.54) is 12.1 Å². The van der Waals surface area contributed by atoms with E-state index in [1.54, 1.807) is 11.3 Å². The van der Waals surface area contributed by atoms with Gasteiger partial charge >= 0.3 is 31.1 Å². The summed E-state index contributed by atoms with van der Waals surface area (Å²) >= 11 is 6.43. The van der Waals surface area contributed by atoms with Crippen LogP contribution in [0.4, 0.5) is 5.69 Å². The number of pyridine rings is 1. The van der Waals surface area contributed by atoms with Gasteiger partial charge in [-0.15, -0.1) is 23.0 Å². The Morgan fingerprint density at radius 3 is 2.28 bits per heavy atom. The average molecular weight is 683 g/mol. The normalized spacial score (nSPS) is 10.5. The van der Waals surface area contributed by atoms with E-state index in [1.807, 2.05) is 90.6 Å². The molecule has 32 heavy (non-hydrogen) atoms. The van der Waals surface area contributed by atoms with Gasteiger partial charge in [-0.2, -0.15) is 0 Å². The Morgan fingerprint density at radius 2 is 1.53 bits per heavy atom. The fourth-order valence-corrected chi connectivity index (χ4v) is 4.19. The minimum absolute atomic E-state index is 0.00907. The molecule has 0 atom stereocenters. The first kappa shape index (κ1) is 22.5. The molecule has 5 rings (SSSR count). The van der Waals surface area contributed by atoms with Crippen molar-refractivity contribution in [3.63, 3.8) is 0 Å². The van der Waals surface area contributed by atoms with Crippen molar-refractivity contribution in [1.82, 2.24) is 9.97 Å². The molecule has 2 aromatic heterocycles. The Bertz CT molecular complexity index is 1360. The van der Waals surface area contributed by atoms with Gasteiger partial charge in [0.15, 0.2) is 0 Å². The Kier molecular flexibility index (Phi) is 7.20. The van der Waals surface area contributed by atoms with Crippen molar-refractivity contribution in [2.24, 2.45) is 0 Å². The predicted octanol–water partition coefficient (Wildman–Crippen LogP) is 7.24. The predicted molar refractivity (Wildman–Crippen MR) is 128 cm³/mol. The number of nitro benzene ring substituents is 1. The number of benzene rings is 3. The van der Waals surface area contributed by atoms with Gasteiger partial charge in [-0.25, -0.2) is 4.98 Å². The molecule has 5 nitrogen and oxygen atoms in total. The molecule has 2 heterocycles. The van der Waals surface area contributed by atoms with Crippen LogP contribution in [-0.2, 0) is 17.8 Å². The van der Waals surface area contributed by atoms with Crippen LogP contribution < -0.4 is 0 Å². The molecule has 0 saturated carbocycles. The van der Waals surface area contributed by atoms with E-state index in [4.69, 9.17) is 4.98 Å². The van der Waals surface area contributed by atoms with E-state index < -0.39 is 0 Å². The van der Waals surface area contributed by atoms with Gasteiger partial charge in [0, 0.05) is 10.6 Å². The van der Waals surface area contributed by atoms with Gasteiger partial charge in [0.05, 0.1) is 15.9 Å². The van der Waals surface area contributed by atoms with E-state index in [0.29, 0.717) is 16.8 Å². The van der Waals surface area contributed by atoms with Gasteiger partial charge in [-0.1, -0.05) is 65.7 Å². The molecule has 0 bridgehead atoms. The van der Waals surface area contributed by atoms with Gasteiger partial charge in [-0.3, -0.25) is 15.1 Å². The zero-order valence-corrected chi connectivity index (χ0v) is 21.0. The number of nitrogens with zero attached hydrogens (tertiary/aromatic N) is 3. The van der Waals surface area contributed by atoms with Crippen LogP contribution in [0.3, 0.4) is 0 Å². The molecule has 0 N–H and O–H groups in total. The molecule has 0 aliphatic carbocycles. The van der Waals surface area contributed by atoms with Gasteiger partial charge in [-0.05, 0) is 30.3 Å². The molecular weight excluding hydrogens is 669 g/mol. The second-order valence-electron chi connectivity index (χ2n) is 6.68. The van der Waals surface area contributed by atoms with Crippen molar-refractivity contribution in [2.75, 3.05) is 0 Å². The summed E-state index contributed by atoms with van der Waals surface area (Å²) in [6, 6.07) is 29.4. The van der Waals surface area contributed by atoms with Crippen LogP contribution in [0, 0.1) is 16.2 Å². The third-order valence-electron chi connectivity index (χ3n) is 4.69. The molecule has 0 aliphatic rings. The summed E-state index contributed by atoms with van der Waals surface area (Å²) in [5, 5.41) is 12.3. The zero-order valence-electron chi connectivity index (χ0n) is 16.3. The van der Waals surface area contributed by atoms with Crippen LogP contribution >= 0.6 is 24.6 Å². The first-order valence-corrected chi connectivity index (χ1v) is 15.2. The topological polar surface area (TPSA) is 68.9 Å². The number of nitro groups is 1. The number of fused-ring (bicyclic) bond motifs is 1. The van der Waals surface area contributed by atoms with Crippen LogP contribution in [0.15, 0.2) is 84.9 Å². The molecule has 0 radical (unpaired) electrons. The Labute approximate surface area is 206 Å². The van der Waals surface area contributed by atoms with Gasteiger partial charge in [0.25, 0.3) is 0 Å². The molecule has 3 aromatic carbocycles. The number of non-ortho nitro benzene ring substituents is 1. The van der Waals surface area contributed by atoms with Crippen LogP contribution in [0.1, 0.15) is 0 Å². The van der Waals surface area contributed by atoms with E-state index in [9.17, 15) is 10.1 Å². The third-order valence-corrected chi connectivity index (χ3v) is 5.75. The maximum atomic E-state index is 11.5. The second kappa shape index (κ2) is 10.3. The van der Waals surface area contributed by atoms with E-state index in [-0.39, 0.29) is 10.6 Å². The Morgan fingerprint density at radius 1 is 0.844 bits per heavy atom. The van der Waals surface area contributed by atoms with E-state index in [0.717, 1.165) is 26.5 Å². The molecule has 0 amide bonds. The van der Waals surface area contributed by atoms with Gasteiger partial charge < -0.3 is 0 Å². The molecule has 5 aromatic rings. The third kappa shape index (κ3) is 4.85. The van der Waals surface area contributed by atoms with Crippen molar-refractivity contribution in [2.45, 2.75) is 0 Å². The number of hydrogen-bond donors (Lipinski definition) is 0. The van der Waals surface area contributed by atoms with Crippen molar-refractivity contribution >= 4 is 40.5 Å². The van der Waals surface area contributed by atoms with Crippen molar-refractivity contribution in [1.29, 1.82) is 0 Å². The van der Waals surface area contributed by atoms with Crippen LogP contribution in [0.25, 0.3) is 43.3 Å². The standard InChI is InChI=1S/C24H14N3O2S.BrH.Pt/c28-27(29)19-14-17(16-7-2-1-3-8-16)13-18(15-19)20-10-6-11-22(25-20)24-26-21-9-4-5-12-23(21)30-24;;/h1-12,14-15H;1H;/q-1;;+2/p-1. The number of thiazole rings is 1. The van der Waals surface area contributed by atoms with E-state index >= 15 is 0 Å². The fraction of sp³-hybridized carbons (Fsp3) is 0. The summed E-state index contributed by atoms with van der Waals surface area (Å²) < 4.78 is 1.09. The Hall–Kier alpha value is -2.73. The number of hydrogen-bond acceptors (Lipinski definition) is 5. The molecule has 0 spiro atoms. The molecule has 8 heteroatoms. The van der Waals surface area contributed by atoms with E-state index in [2.05, 4.69) is 24.3 Å². The molecule has 160 valence electrons. The quantitative estimate of drug-likeness (QED) is 0.114. The molecule has 0 saturated heterocycles. The molecular formula is C24H14BrN3O2PtS. The van der Waals surface area contributed by atoms with Crippen LogP contribution in [-0.4, -0.2) is 14.9 Å². The summed E-state index contributed by atoms with van der Waals surface area (Å²) in [6.07, 6.45) is 0. The number of aromatic nitrogens is 2. The summed E-state index contributed by atoms with van der Waals surface area (Å²) in [4.78, 5) is 20.5. The molecule has 0 aliphatic heterocycles. The first-order valence-electron chi connectivity index (χ1n) is 9.40. The maximum absolute atomic E-state index is 11.5. The fourth-order valence-electron chi connectivity index (χ4n) is 3.26. The SMILES string of the molecule is O=[N+]([O-])c1cc(-c2ccccc2)[c-]c(-c2cccc(-c3nc4ccccc4s3)n2)c1.[Br][Pt+]. The summed E-state index contributed by atoms with van der Waals surface area (Å²) in [5.41, 5.74) is 4.39. The number of rotatable bonds is 4. The minimum atomic E-state index is -0.388. The number of halogens is 1. The molecule has 0 unspecified atom stereocenters. The van der Waals surface area contributed by atoms with Gasteiger partial charge in [0.1, 0.15) is 5.01 Å². The summed E-state index contributed by atoms with van der Waals surface area (Å²) in [5.74, 6) is 0. The zero-order chi connectivity index (χ0) is 22.5. The van der Waals surface area contributed by atoms with Crippen LogP contribution in [0.5, 0.6) is 0 Å². The van der Waals surface area contributed by atoms with Crippen LogP contribution in [0.2, 0.25) is 0 Å². The monoisotopic (exact) mass is 682 g/mol.